The average Bonchev–Trinajstić information content (AvgIpc) is 2.76. The number of hydrogen-bond donors (Lipinski definition) is 2. The van der Waals surface area contributed by atoms with E-state index in [1.54, 1.807) is 6.07 Å². The number of rotatable bonds is 5. The molecule has 0 atom stereocenters. The van der Waals surface area contributed by atoms with Crippen LogP contribution < -0.4 is 5.32 Å². The Balaban J connectivity index is 0.00000162. The minimum atomic E-state index is 0. The van der Waals surface area contributed by atoms with Crippen LogP contribution in [0.15, 0.2) is 36.5 Å². The normalized spacial score (nSPS) is 9.83. The summed E-state index contributed by atoms with van der Waals surface area (Å²) in [5.74, 6) is 1.15. The Kier molecular flexibility index (Phi) is 5.52. The molecule has 4 nitrogen and oxygen atoms in total. The zero-order chi connectivity index (χ0) is 12.1. The molecule has 0 unspecified atom stereocenters. The molecule has 0 amide bonds. The van der Waals surface area contributed by atoms with E-state index in [0.717, 1.165) is 24.3 Å². The number of para-hydroxylation sites is 1. The van der Waals surface area contributed by atoms with Crippen molar-refractivity contribution < 1.29 is 5.11 Å². The fourth-order valence-corrected chi connectivity index (χ4v) is 1.66. The van der Waals surface area contributed by atoms with Crippen molar-refractivity contribution in [2.45, 2.75) is 26.4 Å². The number of halogens is 1. The second kappa shape index (κ2) is 6.91. The molecule has 1 heterocycles. The number of nitrogens with zero attached hydrogens (tertiary/aromatic N) is 2. The summed E-state index contributed by atoms with van der Waals surface area (Å²) < 4.78 is 1.91. The Morgan fingerprint density at radius 3 is 2.78 bits per heavy atom. The third-order valence-corrected chi connectivity index (χ3v) is 2.54. The van der Waals surface area contributed by atoms with Gasteiger partial charge in [0.15, 0.2) is 0 Å². The highest BCUT2D eigenvalue weighted by atomic mass is 35.5. The number of anilines is 1. The lowest BCUT2D eigenvalue weighted by Crippen LogP contribution is -2.02. The van der Waals surface area contributed by atoms with Crippen LogP contribution in [0.3, 0.4) is 0 Å². The average molecular weight is 268 g/mol. The predicted molar refractivity (Wildman–Crippen MR) is 75.2 cm³/mol. The van der Waals surface area contributed by atoms with Gasteiger partial charge in [-0.25, -0.2) is 0 Å². The number of phenols is 1. The standard InChI is InChI=1S/C13H17N3O.ClH/c1-2-8-16-9-7-13(15-16)14-10-11-5-3-4-6-12(11)17;/h3-7,9,17H,2,8,10H2,1H3,(H,14,15);1H. The van der Waals surface area contributed by atoms with Crippen LogP contribution in [-0.2, 0) is 13.1 Å². The summed E-state index contributed by atoms with van der Waals surface area (Å²) in [6.07, 6.45) is 3.03. The number of phenolic OH excluding ortho intramolecular Hbond substituents is 1. The van der Waals surface area contributed by atoms with Crippen LogP contribution in [0.25, 0.3) is 0 Å². The highest BCUT2D eigenvalue weighted by molar-refractivity contribution is 5.85. The Labute approximate surface area is 113 Å². The second-order valence-corrected chi connectivity index (χ2v) is 3.95. The van der Waals surface area contributed by atoms with Crippen LogP contribution in [0.2, 0.25) is 0 Å². The molecular weight excluding hydrogens is 250 g/mol. The molecule has 0 bridgehead atoms. The maximum absolute atomic E-state index is 9.61. The molecule has 0 fully saturated rings. The molecule has 1 aromatic carbocycles. The van der Waals surface area contributed by atoms with Crippen molar-refractivity contribution in [3.63, 3.8) is 0 Å². The smallest absolute Gasteiger partial charge is 0.148 e. The topological polar surface area (TPSA) is 50.1 Å². The number of hydrogen-bond acceptors (Lipinski definition) is 3. The van der Waals surface area contributed by atoms with Gasteiger partial charge in [0.1, 0.15) is 11.6 Å². The Morgan fingerprint density at radius 1 is 1.28 bits per heavy atom. The first-order valence-corrected chi connectivity index (χ1v) is 5.84. The van der Waals surface area contributed by atoms with Gasteiger partial charge in [-0.1, -0.05) is 25.1 Å². The summed E-state index contributed by atoms with van der Waals surface area (Å²) in [6, 6.07) is 9.24. The second-order valence-electron chi connectivity index (χ2n) is 3.95. The first kappa shape index (κ1) is 14.4. The molecule has 2 rings (SSSR count). The Morgan fingerprint density at radius 2 is 2.06 bits per heavy atom. The largest absolute Gasteiger partial charge is 0.508 e. The Bertz CT molecular complexity index is 485. The van der Waals surface area contributed by atoms with E-state index < -0.39 is 0 Å². The summed E-state index contributed by atoms with van der Waals surface area (Å²) in [7, 11) is 0. The van der Waals surface area contributed by atoms with E-state index >= 15 is 0 Å². The first-order valence-electron chi connectivity index (χ1n) is 5.84. The van der Waals surface area contributed by atoms with Crippen molar-refractivity contribution in [3.05, 3.63) is 42.1 Å². The van der Waals surface area contributed by atoms with Gasteiger partial charge in [0, 0.05) is 30.9 Å². The summed E-state index contributed by atoms with van der Waals surface area (Å²) in [5, 5.41) is 17.2. The molecule has 0 saturated carbocycles. The molecule has 0 aliphatic heterocycles. The molecular formula is C13H18ClN3O. The summed E-state index contributed by atoms with van der Waals surface area (Å²) in [4.78, 5) is 0. The summed E-state index contributed by atoms with van der Waals surface area (Å²) >= 11 is 0. The minimum Gasteiger partial charge on any atom is -0.508 e. The van der Waals surface area contributed by atoms with Gasteiger partial charge in [-0.2, -0.15) is 5.10 Å². The SMILES string of the molecule is CCCn1ccc(NCc2ccccc2O)n1.Cl. The van der Waals surface area contributed by atoms with Crippen LogP contribution in [0.1, 0.15) is 18.9 Å². The van der Waals surface area contributed by atoms with E-state index in [1.165, 1.54) is 0 Å². The van der Waals surface area contributed by atoms with Gasteiger partial charge in [0.05, 0.1) is 0 Å². The number of aromatic nitrogens is 2. The maximum Gasteiger partial charge on any atom is 0.148 e. The van der Waals surface area contributed by atoms with Gasteiger partial charge < -0.3 is 10.4 Å². The predicted octanol–water partition coefficient (Wildman–Crippen LogP) is 3.03. The highest BCUT2D eigenvalue weighted by Gasteiger charge is 2.01. The van der Waals surface area contributed by atoms with Crippen molar-refractivity contribution in [2.75, 3.05) is 5.32 Å². The van der Waals surface area contributed by atoms with E-state index in [1.807, 2.05) is 35.1 Å². The van der Waals surface area contributed by atoms with Gasteiger partial charge >= 0.3 is 0 Å². The van der Waals surface area contributed by atoms with Gasteiger partial charge in [0.25, 0.3) is 0 Å². The molecule has 0 saturated heterocycles. The molecule has 5 heteroatoms. The monoisotopic (exact) mass is 267 g/mol. The molecule has 0 aliphatic rings. The van der Waals surface area contributed by atoms with Crippen molar-refractivity contribution in [1.29, 1.82) is 0 Å². The Hall–Kier alpha value is -1.68. The molecule has 0 radical (unpaired) electrons. The summed E-state index contributed by atoms with van der Waals surface area (Å²) in [6.45, 7) is 3.63. The van der Waals surface area contributed by atoms with Crippen molar-refractivity contribution >= 4 is 18.2 Å². The van der Waals surface area contributed by atoms with Crippen LogP contribution in [0, 0.1) is 0 Å². The van der Waals surface area contributed by atoms with Crippen LogP contribution in [-0.4, -0.2) is 14.9 Å². The van der Waals surface area contributed by atoms with Gasteiger partial charge in [-0.05, 0) is 12.5 Å². The van der Waals surface area contributed by atoms with E-state index in [0.29, 0.717) is 12.3 Å². The fourth-order valence-electron chi connectivity index (χ4n) is 1.66. The summed E-state index contributed by atoms with van der Waals surface area (Å²) in [5.41, 5.74) is 0.873. The molecule has 0 aliphatic carbocycles. The lowest BCUT2D eigenvalue weighted by molar-refractivity contribution is 0.469. The highest BCUT2D eigenvalue weighted by Crippen LogP contribution is 2.16. The van der Waals surface area contributed by atoms with Gasteiger partial charge in [0.2, 0.25) is 0 Å². The van der Waals surface area contributed by atoms with Crippen LogP contribution in [0.5, 0.6) is 5.75 Å². The molecule has 1 aromatic heterocycles. The number of benzene rings is 1. The van der Waals surface area contributed by atoms with E-state index in [9.17, 15) is 5.11 Å². The number of nitrogens with one attached hydrogen (secondary N) is 1. The zero-order valence-corrected chi connectivity index (χ0v) is 11.2. The maximum atomic E-state index is 9.61. The molecule has 98 valence electrons. The minimum absolute atomic E-state index is 0. The number of aromatic hydroxyl groups is 1. The molecule has 2 aromatic rings. The van der Waals surface area contributed by atoms with E-state index in [4.69, 9.17) is 0 Å². The van der Waals surface area contributed by atoms with E-state index in [-0.39, 0.29) is 12.4 Å². The fraction of sp³-hybridized carbons (Fsp3) is 0.308. The molecule has 18 heavy (non-hydrogen) atoms. The third-order valence-electron chi connectivity index (χ3n) is 2.54. The third kappa shape index (κ3) is 3.67. The quantitative estimate of drug-likeness (QED) is 0.875. The zero-order valence-electron chi connectivity index (χ0n) is 10.3. The van der Waals surface area contributed by atoms with Gasteiger partial charge in [-0.3, -0.25) is 4.68 Å². The lowest BCUT2D eigenvalue weighted by atomic mass is 10.2. The van der Waals surface area contributed by atoms with Crippen molar-refractivity contribution in [2.24, 2.45) is 0 Å². The molecule has 0 spiro atoms. The van der Waals surface area contributed by atoms with Crippen LogP contribution >= 0.6 is 12.4 Å². The van der Waals surface area contributed by atoms with Crippen molar-refractivity contribution in [3.8, 4) is 5.75 Å². The van der Waals surface area contributed by atoms with Crippen molar-refractivity contribution in [1.82, 2.24) is 9.78 Å². The number of aryl methyl sites for hydroxylation is 1. The molecule has 2 N–H and O–H groups in total. The lowest BCUT2D eigenvalue weighted by Gasteiger charge is -2.05. The van der Waals surface area contributed by atoms with Crippen LogP contribution in [0.4, 0.5) is 5.82 Å². The first-order chi connectivity index (χ1) is 8.29. The van der Waals surface area contributed by atoms with Gasteiger partial charge in [-0.15, -0.1) is 12.4 Å². The van der Waals surface area contributed by atoms with E-state index in [2.05, 4.69) is 17.3 Å².